The molecule has 1 aromatic heterocycles. The Hall–Kier alpha value is -3.62. The van der Waals surface area contributed by atoms with Crippen molar-refractivity contribution in [1.82, 2.24) is 9.47 Å². The smallest absolute Gasteiger partial charge is 0.335 e. The molecule has 2 aromatic carbocycles. The zero-order valence-electron chi connectivity index (χ0n) is 18.0. The van der Waals surface area contributed by atoms with E-state index < -0.39 is 5.97 Å². The van der Waals surface area contributed by atoms with Crippen molar-refractivity contribution >= 4 is 40.6 Å². The fourth-order valence-corrected chi connectivity index (χ4v) is 4.45. The number of carboxylic acid groups (broad SMARTS) is 1. The van der Waals surface area contributed by atoms with Crippen LogP contribution in [-0.4, -0.2) is 51.9 Å². The van der Waals surface area contributed by atoms with E-state index in [1.165, 1.54) is 11.8 Å². The number of carbonyl (C=O) groups excluding carboxylic acids is 1. The fraction of sp³-hybridized carbons (Fsp3) is 0.160. The van der Waals surface area contributed by atoms with Crippen molar-refractivity contribution < 1.29 is 19.4 Å². The van der Waals surface area contributed by atoms with Gasteiger partial charge >= 0.3 is 5.97 Å². The highest BCUT2D eigenvalue weighted by Gasteiger charge is 2.33. The molecule has 1 saturated heterocycles. The summed E-state index contributed by atoms with van der Waals surface area (Å²) in [6.07, 6.45) is 4.35. The Morgan fingerprint density at radius 1 is 1.12 bits per heavy atom. The number of thioether (sulfide) groups is 1. The van der Waals surface area contributed by atoms with Crippen molar-refractivity contribution in [2.24, 2.45) is 4.99 Å². The van der Waals surface area contributed by atoms with E-state index in [4.69, 9.17) is 9.73 Å². The lowest BCUT2D eigenvalue weighted by Gasteiger charge is -2.15. The van der Waals surface area contributed by atoms with Gasteiger partial charge in [0.1, 0.15) is 0 Å². The maximum Gasteiger partial charge on any atom is 0.335 e. The second-order valence-electron chi connectivity index (χ2n) is 7.30. The lowest BCUT2D eigenvalue weighted by atomic mass is 10.2. The second kappa shape index (κ2) is 10.3. The summed E-state index contributed by atoms with van der Waals surface area (Å²) in [5, 5.41) is 9.94. The third-order valence-corrected chi connectivity index (χ3v) is 6.04. The predicted molar refractivity (Wildman–Crippen MR) is 130 cm³/mol. The molecule has 8 heteroatoms. The van der Waals surface area contributed by atoms with Crippen LogP contribution in [0.1, 0.15) is 22.5 Å². The number of benzene rings is 2. The van der Waals surface area contributed by atoms with Crippen molar-refractivity contribution in [1.29, 1.82) is 0 Å². The second-order valence-corrected chi connectivity index (χ2v) is 8.31. The van der Waals surface area contributed by atoms with E-state index in [2.05, 4.69) is 0 Å². The molecule has 1 aliphatic heterocycles. The van der Waals surface area contributed by atoms with Crippen LogP contribution in [0.3, 0.4) is 0 Å². The maximum absolute atomic E-state index is 13.2. The van der Waals surface area contributed by atoms with Gasteiger partial charge in [-0.05, 0) is 66.7 Å². The Kier molecular flexibility index (Phi) is 7.07. The lowest BCUT2D eigenvalue weighted by molar-refractivity contribution is -0.122. The van der Waals surface area contributed by atoms with Crippen LogP contribution in [0.2, 0.25) is 0 Å². The van der Waals surface area contributed by atoms with Crippen molar-refractivity contribution in [3.63, 3.8) is 0 Å². The molecule has 0 aliphatic carbocycles. The van der Waals surface area contributed by atoms with E-state index in [-0.39, 0.29) is 11.5 Å². The summed E-state index contributed by atoms with van der Waals surface area (Å²) in [5.74, 6) is -1.10. The van der Waals surface area contributed by atoms with Crippen LogP contribution in [0.4, 0.5) is 5.69 Å². The van der Waals surface area contributed by atoms with Gasteiger partial charge in [0.25, 0.3) is 5.91 Å². The molecule has 33 heavy (non-hydrogen) atoms. The molecule has 3 aromatic rings. The number of amidine groups is 1. The molecule has 1 fully saturated rings. The summed E-state index contributed by atoms with van der Waals surface area (Å²) in [6, 6.07) is 20.0. The molecule has 168 valence electrons. The van der Waals surface area contributed by atoms with Crippen LogP contribution in [0.25, 0.3) is 11.8 Å². The minimum absolute atomic E-state index is 0.113. The van der Waals surface area contributed by atoms with Gasteiger partial charge in [0, 0.05) is 37.8 Å². The van der Waals surface area contributed by atoms with Gasteiger partial charge in [-0.2, -0.15) is 0 Å². The number of methoxy groups -OCH3 is 1. The highest BCUT2D eigenvalue weighted by atomic mass is 32.2. The minimum Gasteiger partial charge on any atom is -0.478 e. The Bertz CT molecular complexity index is 1220. The van der Waals surface area contributed by atoms with Crippen LogP contribution in [-0.2, 0) is 9.53 Å². The number of aliphatic imine (C=N–C) groups is 1. The molecule has 7 nitrogen and oxygen atoms in total. The standard InChI is InChI=1S/C25H23N3O4S/c1-32-15-7-14-28-23(29)22(33-25(28)26-19-9-3-2-4-10-19)17-21-12-6-13-27(21)20-11-5-8-18(16-20)24(30)31/h2-6,8-13,16-17H,7,14-15H2,1H3,(H,30,31). The first-order valence-corrected chi connectivity index (χ1v) is 11.2. The zero-order valence-corrected chi connectivity index (χ0v) is 18.9. The maximum atomic E-state index is 13.2. The average Bonchev–Trinajstić information content (AvgIpc) is 3.40. The zero-order chi connectivity index (χ0) is 23.2. The lowest BCUT2D eigenvalue weighted by Crippen LogP contribution is -2.30. The number of nitrogens with zero attached hydrogens (tertiary/aromatic N) is 3. The minimum atomic E-state index is -0.987. The van der Waals surface area contributed by atoms with E-state index in [0.717, 1.165) is 11.4 Å². The summed E-state index contributed by atoms with van der Waals surface area (Å²) in [6.45, 7) is 1.05. The molecule has 0 radical (unpaired) electrons. The number of hydrogen-bond acceptors (Lipinski definition) is 5. The Morgan fingerprint density at radius 3 is 2.70 bits per heavy atom. The van der Waals surface area contributed by atoms with Gasteiger partial charge in [-0.15, -0.1) is 0 Å². The number of amides is 1. The largest absolute Gasteiger partial charge is 0.478 e. The SMILES string of the molecule is COCCCN1C(=O)C(=Cc2cccn2-c2cccc(C(=O)O)c2)SC1=Nc1ccccc1. The van der Waals surface area contributed by atoms with Crippen LogP contribution < -0.4 is 0 Å². The molecule has 1 amide bonds. The molecule has 1 N–H and O–H groups in total. The number of carbonyl (C=O) groups is 2. The third-order valence-electron chi connectivity index (χ3n) is 5.03. The molecule has 0 atom stereocenters. The van der Waals surface area contributed by atoms with E-state index in [1.54, 1.807) is 30.2 Å². The summed E-state index contributed by atoms with van der Waals surface area (Å²) >= 11 is 1.33. The van der Waals surface area contributed by atoms with Gasteiger partial charge in [0.2, 0.25) is 0 Å². The highest BCUT2D eigenvalue weighted by Crippen LogP contribution is 2.34. The van der Waals surface area contributed by atoms with Gasteiger partial charge in [0.05, 0.1) is 16.2 Å². The highest BCUT2D eigenvalue weighted by molar-refractivity contribution is 8.18. The van der Waals surface area contributed by atoms with Gasteiger partial charge in [-0.25, -0.2) is 9.79 Å². The van der Waals surface area contributed by atoms with Crippen LogP contribution in [0.15, 0.2) is 82.8 Å². The van der Waals surface area contributed by atoms with E-state index in [9.17, 15) is 14.7 Å². The summed E-state index contributed by atoms with van der Waals surface area (Å²) in [4.78, 5) is 31.5. The normalized spacial score (nSPS) is 16.2. The number of ether oxygens (including phenoxy) is 1. The van der Waals surface area contributed by atoms with Crippen molar-refractivity contribution in [2.75, 3.05) is 20.3 Å². The fourth-order valence-electron chi connectivity index (χ4n) is 3.44. The molecule has 0 spiro atoms. The molecule has 0 bridgehead atoms. The first-order chi connectivity index (χ1) is 16.1. The Balaban J connectivity index is 1.67. The first kappa shape index (κ1) is 22.6. The number of hydrogen-bond donors (Lipinski definition) is 1. The number of aromatic nitrogens is 1. The molecule has 4 rings (SSSR count). The quantitative estimate of drug-likeness (QED) is 0.384. The third kappa shape index (κ3) is 5.24. The van der Waals surface area contributed by atoms with Crippen LogP contribution >= 0.6 is 11.8 Å². The summed E-state index contributed by atoms with van der Waals surface area (Å²) in [7, 11) is 1.64. The number of para-hydroxylation sites is 1. The topological polar surface area (TPSA) is 84.1 Å². The van der Waals surface area contributed by atoms with Crippen LogP contribution in [0.5, 0.6) is 0 Å². The number of aromatic carboxylic acids is 1. The molecule has 1 aliphatic rings. The Morgan fingerprint density at radius 2 is 1.94 bits per heavy atom. The van der Waals surface area contributed by atoms with E-state index in [0.29, 0.717) is 35.3 Å². The van der Waals surface area contributed by atoms with Crippen LogP contribution in [0, 0.1) is 0 Å². The van der Waals surface area contributed by atoms with E-state index in [1.807, 2.05) is 65.4 Å². The van der Waals surface area contributed by atoms with Crippen molar-refractivity contribution in [3.8, 4) is 5.69 Å². The molecule has 2 heterocycles. The number of rotatable bonds is 8. The Labute approximate surface area is 196 Å². The first-order valence-electron chi connectivity index (χ1n) is 10.4. The van der Waals surface area contributed by atoms with Gasteiger partial charge in [-0.3, -0.25) is 9.69 Å². The van der Waals surface area contributed by atoms with Gasteiger partial charge < -0.3 is 14.4 Å². The number of carboxylic acids is 1. The summed E-state index contributed by atoms with van der Waals surface area (Å²) in [5.41, 5.74) is 2.45. The van der Waals surface area contributed by atoms with Gasteiger partial charge in [0.15, 0.2) is 5.17 Å². The van der Waals surface area contributed by atoms with Gasteiger partial charge in [-0.1, -0.05) is 24.3 Å². The van der Waals surface area contributed by atoms with Crippen molar-refractivity contribution in [3.05, 3.63) is 89.1 Å². The monoisotopic (exact) mass is 461 g/mol. The summed E-state index contributed by atoms with van der Waals surface area (Å²) < 4.78 is 7.01. The van der Waals surface area contributed by atoms with Crippen molar-refractivity contribution in [2.45, 2.75) is 6.42 Å². The molecular weight excluding hydrogens is 438 g/mol. The predicted octanol–water partition coefficient (Wildman–Crippen LogP) is 4.82. The van der Waals surface area contributed by atoms with E-state index >= 15 is 0 Å². The average molecular weight is 462 g/mol. The molecular formula is C25H23N3O4S. The molecule has 0 saturated carbocycles. The molecule has 0 unspecified atom stereocenters.